The maximum Gasteiger partial charge on any atom is 0.125 e. The van der Waals surface area contributed by atoms with Gasteiger partial charge in [0.2, 0.25) is 0 Å². The highest BCUT2D eigenvalue weighted by atomic mass is 35.5. The van der Waals surface area contributed by atoms with E-state index >= 15 is 0 Å². The van der Waals surface area contributed by atoms with Gasteiger partial charge in [0.05, 0.1) is 13.2 Å². The van der Waals surface area contributed by atoms with E-state index in [1.807, 2.05) is 18.2 Å². The molecule has 0 saturated heterocycles. The number of halogens is 1. The minimum Gasteiger partial charge on any atom is -0.496 e. The second-order valence-corrected chi connectivity index (χ2v) is 5.31. The van der Waals surface area contributed by atoms with Crippen LogP contribution in [-0.4, -0.2) is 13.7 Å². The number of hydrogen-bond donors (Lipinski definition) is 1. The molecule has 0 amide bonds. The van der Waals surface area contributed by atoms with Gasteiger partial charge in [-0.05, 0) is 30.1 Å². The lowest BCUT2D eigenvalue weighted by molar-refractivity contribution is 0.405. The molecular formula is C14H16ClNOS. The normalized spacial score (nSPS) is 12.4. The predicted octanol–water partition coefficient (Wildman–Crippen LogP) is 4.11. The van der Waals surface area contributed by atoms with Crippen molar-refractivity contribution in [3.8, 4) is 5.75 Å². The van der Waals surface area contributed by atoms with E-state index in [9.17, 15) is 0 Å². The zero-order valence-corrected chi connectivity index (χ0v) is 12.0. The lowest BCUT2D eigenvalue weighted by Crippen LogP contribution is -2.21. The Bertz CT molecular complexity index is 499. The van der Waals surface area contributed by atoms with E-state index in [0.29, 0.717) is 5.02 Å². The summed E-state index contributed by atoms with van der Waals surface area (Å²) >= 11 is 7.74. The van der Waals surface area contributed by atoms with Crippen LogP contribution in [0.4, 0.5) is 0 Å². The van der Waals surface area contributed by atoms with Crippen molar-refractivity contribution in [2.45, 2.75) is 13.0 Å². The third kappa shape index (κ3) is 2.86. The van der Waals surface area contributed by atoms with Crippen molar-refractivity contribution < 1.29 is 4.74 Å². The molecule has 0 aliphatic rings. The van der Waals surface area contributed by atoms with Crippen LogP contribution in [0.15, 0.2) is 35.7 Å². The molecule has 2 rings (SSSR count). The Morgan fingerprint density at radius 2 is 2.22 bits per heavy atom. The highest BCUT2D eigenvalue weighted by Crippen LogP contribution is 2.33. The lowest BCUT2D eigenvalue weighted by atomic mass is 10.0. The van der Waals surface area contributed by atoms with Gasteiger partial charge in [0.1, 0.15) is 5.75 Å². The van der Waals surface area contributed by atoms with Crippen LogP contribution < -0.4 is 10.1 Å². The minimum atomic E-state index is 0.155. The smallest absolute Gasteiger partial charge is 0.125 e. The highest BCUT2D eigenvalue weighted by molar-refractivity contribution is 7.10. The van der Waals surface area contributed by atoms with Gasteiger partial charge in [-0.2, -0.15) is 0 Å². The van der Waals surface area contributed by atoms with E-state index in [1.54, 1.807) is 18.4 Å². The fourth-order valence-corrected chi connectivity index (χ4v) is 2.93. The molecule has 4 heteroatoms. The summed E-state index contributed by atoms with van der Waals surface area (Å²) < 4.78 is 5.43. The van der Waals surface area contributed by atoms with Gasteiger partial charge >= 0.3 is 0 Å². The second kappa shape index (κ2) is 6.23. The van der Waals surface area contributed by atoms with E-state index in [1.165, 1.54) is 4.88 Å². The number of methoxy groups -OCH3 is 1. The molecule has 18 heavy (non-hydrogen) atoms. The molecule has 1 aromatic heterocycles. The van der Waals surface area contributed by atoms with Crippen molar-refractivity contribution in [3.63, 3.8) is 0 Å². The minimum absolute atomic E-state index is 0.155. The first-order valence-corrected chi connectivity index (χ1v) is 7.12. The molecule has 1 aromatic carbocycles. The molecule has 1 unspecified atom stereocenters. The van der Waals surface area contributed by atoms with Gasteiger partial charge in [-0.15, -0.1) is 11.3 Å². The first-order chi connectivity index (χ1) is 8.76. The van der Waals surface area contributed by atoms with Crippen LogP contribution in [0.25, 0.3) is 0 Å². The molecule has 0 fully saturated rings. The maximum absolute atomic E-state index is 6.00. The highest BCUT2D eigenvalue weighted by Gasteiger charge is 2.18. The summed E-state index contributed by atoms with van der Waals surface area (Å²) in [5.41, 5.74) is 1.12. The van der Waals surface area contributed by atoms with Crippen LogP contribution in [0.2, 0.25) is 5.02 Å². The van der Waals surface area contributed by atoms with Gasteiger partial charge < -0.3 is 10.1 Å². The quantitative estimate of drug-likeness (QED) is 0.890. The van der Waals surface area contributed by atoms with E-state index in [4.69, 9.17) is 16.3 Å². The lowest BCUT2D eigenvalue weighted by Gasteiger charge is -2.19. The Kier molecular flexibility index (Phi) is 4.64. The van der Waals surface area contributed by atoms with E-state index in [2.05, 4.69) is 29.8 Å². The van der Waals surface area contributed by atoms with Gasteiger partial charge in [0.15, 0.2) is 0 Å². The standard InChI is InChI=1S/C14H16ClNOS/c1-3-16-14(13-5-4-8-18-13)11-7-6-10(15)9-12(11)17-2/h4-9,14,16H,3H2,1-2H3. The van der Waals surface area contributed by atoms with Crippen molar-refractivity contribution in [1.82, 2.24) is 5.32 Å². The maximum atomic E-state index is 6.00. The Hall–Kier alpha value is -1.03. The van der Waals surface area contributed by atoms with Crippen molar-refractivity contribution in [3.05, 3.63) is 51.2 Å². The van der Waals surface area contributed by atoms with Crippen molar-refractivity contribution in [2.75, 3.05) is 13.7 Å². The van der Waals surface area contributed by atoms with E-state index in [0.717, 1.165) is 17.9 Å². The van der Waals surface area contributed by atoms with Crippen molar-refractivity contribution >= 4 is 22.9 Å². The van der Waals surface area contributed by atoms with Gasteiger partial charge in [-0.25, -0.2) is 0 Å². The summed E-state index contributed by atoms with van der Waals surface area (Å²) in [7, 11) is 1.67. The molecular weight excluding hydrogens is 266 g/mol. The molecule has 1 atom stereocenters. The molecule has 96 valence electrons. The summed E-state index contributed by atoms with van der Waals surface area (Å²) in [6, 6.07) is 10.1. The molecule has 1 N–H and O–H groups in total. The molecule has 0 aliphatic heterocycles. The zero-order chi connectivity index (χ0) is 13.0. The number of thiophene rings is 1. The average molecular weight is 282 g/mol. The van der Waals surface area contributed by atoms with Crippen LogP contribution >= 0.6 is 22.9 Å². The van der Waals surface area contributed by atoms with Crippen LogP contribution in [-0.2, 0) is 0 Å². The third-order valence-corrected chi connectivity index (χ3v) is 3.91. The topological polar surface area (TPSA) is 21.3 Å². The van der Waals surface area contributed by atoms with Crippen LogP contribution in [0.3, 0.4) is 0 Å². The van der Waals surface area contributed by atoms with Gasteiger partial charge in [-0.3, -0.25) is 0 Å². The first kappa shape index (κ1) is 13.4. The third-order valence-electron chi connectivity index (χ3n) is 2.74. The molecule has 2 aromatic rings. The van der Waals surface area contributed by atoms with Crippen molar-refractivity contribution in [1.29, 1.82) is 0 Å². The molecule has 0 saturated carbocycles. The summed E-state index contributed by atoms with van der Waals surface area (Å²) in [4.78, 5) is 1.28. The zero-order valence-electron chi connectivity index (χ0n) is 10.4. The number of nitrogens with one attached hydrogen (secondary N) is 1. The monoisotopic (exact) mass is 281 g/mol. The van der Waals surface area contributed by atoms with E-state index < -0.39 is 0 Å². The number of hydrogen-bond acceptors (Lipinski definition) is 3. The Morgan fingerprint density at radius 3 is 2.83 bits per heavy atom. The molecule has 1 heterocycles. The number of rotatable bonds is 5. The summed E-state index contributed by atoms with van der Waals surface area (Å²) in [5, 5.41) is 6.26. The molecule has 0 aliphatic carbocycles. The fraction of sp³-hybridized carbons (Fsp3) is 0.286. The summed E-state index contributed by atoms with van der Waals surface area (Å²) in [6.07, 6.45) is 0. The van der Waals surface area contributed by atoms with Crippen LogP contribution in [0.1, 0.15) is 23.4 Å². The molecule has 2 nitrogen and oxygen atoms in total. The van der Waals surface area contributed by atoms with Crippen molar-refractivity contribution in [2.24, 2.45) is 0 Å². The Morgan fingerprint density at radius 1 is 1.39 bits per heavy atom. The van der Waals surface area contributed by atoms with Gasteiger partial charge in [-0.1, -0.05) is 30.7 Å². The number of ether oxygens (including phenoxy) is 1. The molecule has 0 spiro atoms. The van der Waals surface area contributed by atoms with Crippen LogP contribution in [0, 0.1) is 0 Å². The molecule has 0 radical (unpaired) electrons. The van der Waals surface area contributed by atoms with Crippen LogP contribution in [0.5, 0.6) is 5.75 Å². The molecule has 0 bridgehead atoms. The second-order valence-electron chi connectivity index (χ2n) is 3.89. The van der Waals surface area contributed by atoms with Gasteiger partial charge in [0.25, 0.3) is 0 Å². The van der Waals surface area contributed by atoms with Gasteiger partial charge in [0, 0.05) is 15.5 Å². The Balaban J connectivity index is 2.42. The number of benzene rings is 1. The predicted molar refractivity (Wildman–Crippen MR) is 77.8 cm³/mol. The summed E-state index contributed by atoms with van der Waals surface area (Å²) in [5.74, 6) is 0.821. The summed E-state index contributed by atoms with van der Waals surface area (Å²) in [6.45, 7) is 3.00. The largest absolute Gasteiger partial charge is 0.496 e. The van der Waals surface area contributed by atoms with E-state index in [-0.39, 0.29) is 6.04 Å². The average Bonchev–Trinajstić information content (AvgIpc) is 2.90. The Labute approximate surface area is 117 Å². The first-order valence-electron chi connectivity index (χ1n) is 5.86. The fourth-order valence-electron chi connectivity index (χ4n) is 1.95. The SMILES string of the molecule is CCNC(c1cccs1)c1ccc(Cl)cc1OC.